The molecule has 0 aliphatic carbocycles. The molecule has 5 nitrogen and oxygen atoms in total. The first-order valence-corrected chi connectivity index (χ1v) is 4.16. The highest BCUT2D eigenvalue weighted by Gasteiger charge is 2.05. The SMILES string of the molecule is O=c1cn[nH]c2cnc3[nH]ccc3c12. The van der Waals surface area contributed by atoms with E-state index in [1.54, 1.807) is 12.4 Å². The number of rotatable bonds is 0. The number of aromatic nitrogens is 4. The third-order valence-electron chi connectivity index (χ3n) is 2.20. The van der Waals surface area contributed by atoms with Crippen LogP contribution >= 0.6 is 0 Å². The Labute approximate surface area is 77.8 Å². The van der Waals surface area contributed by atoms with Gasteiger partial charge in [-0.05, 0) is 6.07 Å². The molecule has 3 rings (SSSR count). The summed E-state index contributed by atoms with van der Waals surface area (Å²) in [6.45, 7) is 0. The average molecular weight is 186 g/mol. The summed E-state index contributed by atoms with van der Waals surface area (Å²) in [5.41, 5.74) is 1.28. The first kappa shape index (κ1) is 7.25. The van der Waals surface area contributed by atoms with Gasteiger partial charge in [-0.25, -0.2) is 4.98 Å². The molecular weight excluding hydrogens is 180 g/mol. The van der Waals surface area contributed by atoms with Gasteiger partial charge in [0.05, 0.1) is 23.3 Å². The monoisotopic (exact) mass is 186 g/mol. The fourth-order valence-electron chi connectivity index (χ4n) is 1.58. The van der Waals surface area contributed by atoms with Crippen LogP contribution in [0.5, 0.6) is 0 Å². The molecule has 3 aromatic rings. The summed E-state index contributed by atoms with van der Waals surface area (Å²) in [5.74, 6) is 0. The average Bonchev–Trinajstić information content (AvgIpc) is 2.65. The van der Waals surface area contributed by atoms with E-state index in [1.165, 1.54) is 6.20 Å². The Kier molecular flexibility index (Phi) is 1.25. The van der Waals surface area contributed by atoms with Crippen molar-refractivity contribution in [2.75, 3.05) is 0 Å². The van der Waals surface area contributed by atoms with E-state index < -0.39 is 0 Å². The number of fused-ring (bicyclic) bond motifs is 3. The molecule has 0 saturated carbocycles. The second kappa shape index (κ2) is 2.41. The Bertz CT molecular complexity index is 667. The lowest BCUT2D eigenvalue weighted by atomic mass is 10.2. The largest absolute Gasteiger partial charge is 0.346 e. The van der Waals surface area contributed by atoms with Crippen LogP contribution in [0.15, 0.2) is 29.5 Å². The first-order valence-electron chi connectivity index (χ1n) is 4.16. The molecule has 0 spiro atoms. The zero-order valence-corrected chi connectivity index (χ0v) is 7.11. The van der Waals surface area contributed by atoms with Crippen LogP contribution in [0.2, 0.25) is 0 Å². The molecule has 0 radical (unpaired) electrons. The zero-order chi connectivity index (χ0) is 9.54. The van der Waals surface area contributed by atoms with Gasteiger partial charge in [0.2, 0.25) is 5.43 Å². The van der Waals surface area contributed by atoms with Crippen LogP contribution in [0.25, 0.3) is 21.9 Å². The van der Waals surface area contributed by atoms with Crippen molar-refractivity contribution in [2.45, 2.75) is 0 Å². The van der Waals surface area contributed by atoms with Crippen LogP contribution in [0, 0.1) is 0 Å². The van der Waals surface area contributed by atoms with E-state index in [9.17, 15) is 4.79 Å². The minimum atomic E-state index is -0.0919. The molecule has 0 bridgehead atoms. The molecule has 3 heterocycles. The maximum atomic E-state index is 11.6. The van der Waals surface area contributed by atoms with Gasteiger partial charge in [0, 0.05) is 11.6 Å². The lowest BCUT2D eigenvalue weighted by Crippen LogP contribution is -2.03. The molecule has 0 saturated heterocycles. The fourth-order valence-corrected chi connectivity index (χ4v) is 1.58. The van der Waals surface area contributed by atoms with E-state index in [1.807, 2.05) is 6.07 Å². The third kappa shape index (κ3) is 0.806. The Hall–Kier alpha value is -2.17. The van der Waals surface area contributed by atoms with E-state index >= 15 is 0 Å². The van der Waals surface area contributed by atoms with Crippen molar-refractivity contribution in [1.82, 2.24) is 20.2 Å². The van der Waals surface area contributed by atoms with Gasteiger partial charge in [-0.15, -0.1) is 0 Å². The van der Waals surface area contributed by atoms with E-state index in [2.05, 4.69) is 20.2 Å². The van der Waals surface area contributed by atoms with Crippen molar-refractivity contribution < 1.29 is 0 Å². The highest BCUT2D eigenvalue weighted by Crippen LogP contribution is 2.16. The number of aromatic amines is 2. The van der Waals surface area contributed by atoms with Crippen molar-refractivity contribution >= 4 is 21.9 Å². The summed E-state index contributed by atoms with van der Waals surface area (Å²) < 4.78 is 0. The minimum Gasteiger partial charge on any atom is -0.346 e. The quantitative estimate of drug-likeness (QED) is 0.545. The number of pyridine rings is 1. The van der Waals surface area contributed by atoms with Gasteiger partial charge >= 0.3 is 0 Å². The smallest absolute Gasteiger partial charge is 0.208 e. The van der Waals surface area contributed by atoms with Crippen LogP contribution in [-0.4, -0.2) is 20.2 Å². The van der Waals surface area contributed by atoms with Gasteiger partial charge in [-0.1, -0.05) is 0 Å². The van der Waals surface area contributed by atoms with Crippen molar-refractivity contribution in [3.63, 3.8) is 0 Å². The Morgan fingerprint density at radius 3 is 3.14 bits per heavy atom. The van der Waals surface area contributed by atoms with Crippen LogP contribution in [0.4, 0.5) is 0 Å². The highest BCUT2D eigenvalue weighted by atomic mass is 16.1. The molecule has 0 unspecified atom stereocenters. The van der Waals surface area contributed by atoms with Crippen LogP contribution in [0.3, 0.4) is 0 Å². The molecule has 2 N–H and O–H groups in total. The molecule has 68 valence electrons. The molecule has 0 amide bonds. The van der Waals surface area contributed by atoms with E-state index in [0.717, 1.165) is 5.39 Å². The topological polar surface area (TPSA) is 74.4 Å². The highest BCUT2D eigenvalue weighted by molar-refractivity contribution is 6.02. The predicted octanol–water partition coefficient (Wildman–Crippen LogP) is 0.799. The third-order valence-corrected chi connectivity index (χ3v) is 2.20. The van der Waals surface area contributed by atoms with Crippen molar-refractivity contribution in [3.05, 3.63) is 34.9 Å². The Morgan fingerprint density at radius 1 is 1.29 bits per heavy atom. The van der Waals surface area contributed by atoms with Crippen LogP contribution < -0.4 is 5.43 Å². The van der Waals surface area contributed by atoms with Crippen molar-refractivity contribution in [2.24, 2.45) is 0 Å². The van der Waals surface area contributed by atoms with Crippen LogP contribution in [-0.2, 0) is 0 Å². The van der Waals surface area contributed by atoms with Gasteiger partial charge in [0.15, 0.2) is 0 Å². The molecule has 14 heavy (non-hydrogen) atoms. The predicted molar refractivity (Wildman–Crippen MR) is 52.0 cm³/mol. The number of nitrogens with zero attached hydrogens (tertiary/aromatic N) is 2. The summed E-state index contributed by atoms with van der Waals surface area (Å²) >= 11 is 0. The molecule has 0 aliphatic rings. The zero-order valence-electron chi connectivity index (χ0n) is 7.11. The molecule has 5 heteroatoms. The second-order valence-electron chi connectivity index (χ2n) is 3.02. The summed E-state index contributed by atoms with van der Waals surface area (Å²) in [6, 6.07) is 1.83. The van der Waals surface area contributed by atoms with Gasteiger partial charge in [0.1, 0.15) is 5.65 Å². The van der Waals surface area contributed by atoms with Gasteiger partial charge in [-0.2, -0.15) is 5.10 Å². The van der Waals surface area contributed by atoms with E-state index in [4.69, 9.17) is 0 Å². The standard InChI is InChI=1S/C9H6N4O/c14-7-4-12-13-6-3-11-9-5(8(6)7)1-2-10-9/h1-4H,(H,10,11)(H,13,14). The number of hydrogen-bond donors (Lipinski definition) is 2. The fraction of sp³-hybridized carbons (Fsp3) is 0. The maximum Gasteiger partial charge on any atom is 0.208 e. The summed E-state index contributed by atoms with van der Waals surface area (Å²) in [7, 11) is 0. The van der Waals surface area contributed by atoms with E-state index in [0.29, 0.717) is 16.6 Å². The number of nitrogens with one attached hydrogen (secondary N) is 2. The first-order chi connectivity index (χ1) is 6.86. The molecule has 3 aromatic heterocycles. The molecular formula is C9H6N4O. The minimum absolute atomic E-state index is 0.0919. The molecule has 0 aromatic carbocycles. The number of H-pyrrole nitrogens is 2. The molecule has 0 fully saturated rings. The Balaban J connectivity index is 2.74. The lowest BCUT2D eigenvalue weighted by molar-refractivity contribution is 1.06. The molecule has 0 atom stereocenters. The molecule has 0 aliphatic heterocycles. The van der Waals surface area contributed by atoms with Gasteiger partial charge in [-0.3, -0.25) is 9.89 Å². The van der Waals surface area contributed by atoms with Gasteiger partial charge < -0.3 is 4.98 Å². The summed E-state index contributed by atoms with van der Waals surface area (Å²) in [6.07, 6.45) is 4.63. The second-order valence-corrected chi connectivity index (χ2v) is 3.02. The lowest BCUT2D eigenvalue weighted by Gasteiger charge is -1.96. The maximum absolute atomic E-state index is 11.6. The summed E-state index contributed by atoms with van der Waals surface area (Å²) in [4.78, 5) is 18.7. The Morgan fingerprint density at radius 2 is 2.21 bits per heavy atom. The van der Waals surface area contributed by atoms with Gasteiger partial charge in [0.25, 0.3) is 0 Å². The van der Waals surface area contributed by atoms with E-state index in [-0.39, 0.29) is 5.43 Å². The van der Waals surface area contributed by atoms with Crippen molar-refractivity contribution in [3.8, 4) is 0 Å². The van der Waals surface area contributed by atoms with Crippen LogP contribution in [0.1, 0.15) is 0 Å². The normalized spacial score (nSPS) is 11.1. The van der Waals surface area contributed by atoms with Crippen molar-refractivity contribution in [1.29, 1.82) is 0 Å². The number of hydrogen-bond acceptors (Lipinski definition) is 3. The summed E-state index contributed by atoms with van der Waals surface area (Å²) in [5, 5.41) is 7.92.